The summed E-state index contributed by atoms with van der Waals surface area (Å²) in [5, 5.41) is 2.05. The number of hydrogen-bond acceptors (Lipinski definition) is 5. The first-order valence-electron chi connectivity index (χ1n) is 5.64. The predicted octanol–water partition coefficient (Wildman–Crippen LogP) is 2.61. The van der Waals surface area contributed by atoms with E-state index in [0.717, 1.165) is 4.96 Å². The van der Waals surface area contributed by atoms with E-state index in [1.54, 1.807) is 16.7 Å². The Hall–Kier alpha value is -1.57. The third-order valence-corrected chi connectivity index (χ3v) is 5.67. The number of imidazole rings is 1. The molecule has 0 bridgehead atoms. The van der Waals surface area contributed by atoms with E-state index in [0.29, 0.717) is 11.4 Å². The SMILES string of the molecule is Nc1ccc(Cl)c(S(=O)(=O)Cc2cn3ccsc3n2)c1. The van der Waals surface area contributed by atoms with Crippen LogP contribution in [0, 0.1) is 0 Å². The number of benzene rings is 1. The summed E-state index contributed by atoms with van der Waals surface area (Å²) in [6, 6.07) is 4.42. The van der Waals surface area contributed by atoms with E-state index in [1.165, 1.54) is 23.5 Å². The molecule has 5 nitrogen and oxygen atoms in total. The highest BCUT2D eigenvalue weighted by Gasteiger charge is 2.21. The van der Waals surface area contributed by atoms with E-state index in [4.69, 9.17) is 17.3 Å². The molecule has 0 saturated carbocycles. The van der Waals surface area contributed by atoms with Crippen LogP contribution in [0.1, 0.15) is 5.69 Å². The van der Waals surface area contributed by atoms with E-state index in [-0.39, 0.29) is 15.7 Å². The Labute approximate surface area is 124 Å². The van der Waals surface area contributed by atoms with Crippen LogP contribution in [-0.4, -0.2) is 17.8 Å². The predicted molar refractivity (Wildman–Crippen MR) is 79.8 cm³/mol. The molecule has 2 heterocycles. The molecule has 0 amide bonds. The molecule has 0 spiro atoms. The number of sulfone groups is 1. The average molecular weight is 328 g/mol. The summed E-state index contributed by atoms with van der Waals surface area (Å²) in [5.74, 6) is -0.204. The highest BCUT2D eigenvalue weighted by atomic mass is 35.5. The Balaban J connectivity index is 1.99. The number of aromatic nitrogens is 2. The van der Waals surface area contributed by atoms with Gasteiger partial charge in [-0.1, -0.05) is 11.6 Å². The van der Waals surface area contributed by atoms with Crippen molar-refractivity contribution in [2.75, 3.05) is 5.73 Å². The highest BCUT2D eigenvalue weighted by Crippen LogP contribution is 2.27. The molecule has 2 aromatic heterocycles. The van der Waals surface area contributed by atoms with Crippen LogP contribution in [0.5, 0.6) is 0 Å². The number of nitrogens with zero attached hydrogens (tertiary/aromatic N) is 2. The van der Waals surface area contributed by atoms with Gasteiger partial charge < -0.3 is 5.73 Å². The van der Waals surface area contributed by atoms with Gasteiger partial charge in [0.1, 0.15) is 0 Å². The lowest BCUT2D eigenvalue weighted by Gasteiger charge is -2.06. The van der Waals surface area contributed by atoms with Gasteiger partial charge in [-0.3, -0.25) is 4.40 Å². The van der Waals surface area contributed by atoms with Gasteiger partial charge in [-0.15, -0.1) is 11.3 Å². The zero-order valence-electron chi connectivity index (χ0n) is 10.2. The van der Waals surface area contributed by atoms with Crippen LogP contribution in [0.2, 0.25) is 5.02 Å². The summed E-state index contributed by atoms with van der Waals surface area (Å²) < 4.78 is 26.6. The lowest BCUT2D eigenvalue weighted by Crippen LogP contribution is -2.06. The zero-order valence-corrected chi connectivity index (χ0v) is 12.5. The maximum Gasteiger partial charge on any atom is 0.193 e. The smallest absolute Gasteiger partial charge is 0.193 e. The van der Waals surface area contributed by atoms with Gasteiger partial charge in [-0.05, 0) is 18.2 Å². The van der Waals surface area contributed by atoms with Gasteiger partial charge in [-0.2, -0.15) is 0 Å². The van der Waals surface area contributed by atoms with Crippen molar-refractivity contribution in [3.63, 3.8) is 0 Å². The Morgan fingerprint density at radius 3 is 2.95 bits per heavy atom. The van der Waals surface area contributed by atoms with E-state index in [2.05, 4.69) is 4.98 Å². The minimum absolute atomic E-state index is 0.0375. The summed E-state index contributed by atoms with van der Waals surface area (Å²) in [5.41, 5.74) is 6.46. The van der Waals surface area contributed by atoms with Crippen molar-refractivity contribution in [2.45, 2.75) is 10.6 Å². The van der Waals surface area contributed by atoms with Crippen molar-refractivity contribution < 1.29 is 8.42 Å². The molecule has 0 atom stereocenters. The first-order chi connectivity index (χ1) is 9.45. The molecule has 0 unspecified atom stereocenters. The van der Waals surface area contributed by atoms with Crippen molar-refractivity contribution >= 4 is 43.4 Å². The minimum Gasteiger partial charge on any atom is -0.399 e. The van der Waals surface area contributed by atoms with Crippen molar-refractivity contribution in [3.05, 3.63) is 46.7 Å². The van der Waals surface area contributed by atoms with Crippen LogP contribution in [0.3, 0.4) is 0 Å². The molecule has 1 aromatic carbocycles. The second-order valence-corrected chi connectivity index (χ2v) is 7.51. The van der Waals surface area contributed by atoms with Crippen molar-refractivity contribution in [2.24, 2.45) is 0 Å². The first kappa shape index (κ1) is 13.4. The zero-order chi connectivity index (χ0) is 14.3. The maximum absolute atomic E-state index is 12.4. The van der Waals surface area contributed by atoms with Gasteiger partial charge in [-0.25, -0.2) is 13.4 Å². The first-order valence-corrected chi connectivity index (χ1v) is 8.55. The number of thiazole rings is 1. The summed E-state index contributed by atoms with van der Waals surface area (Å²) in [4.78, 5) is 5.06. The van der Waals surface area contributed by atoms with Gasteiger partial charge >= 0.3 is 0 Å². The molecule has 0 saturated heterocycles. The van der Waals surface area contributed by atoms with Crippen LogP contribution in [0.25, 0.3) is 4.96 Å². The van der Waals surface area contributed by atoms with E-state index >= 15 is 0 Å². The number of rotatable bonds is 3. The molecule has 0 fully saturated rings. The largest absolute Gasteiger partial charge is 0.399 e. The molecule has 8 heteroatoms. The van der Waals surface area contributed by atoms with E-state index in [1.807, 2.05) is 11.6 Å². The molecule has 2 N–H and O–H groups in total. The molecule has 0 radical (unpaired) electrons. The van der Waals surface area contributed by atoms with Crippen molar-refractivity contribution in [3.8, 4) is 0 Å². The third kappa shape index (κ3) is 2.39. The monoisotopic (exact) mass is 327 g/mol. The summed E-state index contributed by atoms with van der Waals surface area (Å²) in [6.45, 7) is 0. The Kier molecular flexibility index (Phi) is 3.19. The molecular weight excluding hydrogens is 318 g/mol. The molecule has 3 aromatic rings. The van der Waals surface area contributed by atoms with E-state index in [9.17, 15) is 8.42 Å². The van der Waals surface area contributed by atoms with Crippen LogP contribution in [0.15, 0.2) is 40.9 Å². The number of fused-ring (bicyclic) bond motifs is 1. The fourth-order valence-corrected chi connectivity index (χ4v) is 4.43. The summed E-state index contributed by atoms with van der Waals surface area (Å²) in [7, 11) is -3.58. The van der Waals surface area contributed by atoms with Crippen LogP contribution < -0.4 is 5.73 Å². The van der Waals surface area contributed by atoms with Gasteiger partial charge in [0.05, 0.1) is 21.4 Å². The Morgan fingerprint density at radius 2 is 2.20 bits per heavy atom. The van der Waals surface area contributed by atoms with Crippen molar-refractivity contribution in [1.82, 2.24) is 9.38 Å². The van der Waals surface area contributed by atoms with Crippen molar-refractivity contribution in [1.29, 1.82) is 0 Å². The number of nitrogen functional groups attached to an aromatic ring is 1. The lowest BCUT2D eigenvalue weighted by atomic mass is 10.3. The van der Waals surface area contributed by atoms with Gasteiger partial charge in [0, 0.05) is 23.5 Å². The number of halogens is 1. The molecule has 104 valence electrons. The number of nitrogens with two attached hydrogens (primary N) is 1. The lowest BCUT2D eigenvalue weighted by molar-refractivity contribution is 0.595. The maximum atomic E-state index is 12.4. The van der Waals surface area contributed by atoms with Gasteiger partial charge in [0.15, 0.2) is 14.8 Å². The molecule has 20 heavy (non-hydrogen) atoms. The summed E-state index contributed by atoms with van der Waals surface area (Å²) >= 11 is 7.39. The second-order valence-electron chi connectivity index (χ2n) is 4.27. The third-order valence-electron chi connectivity index (χ3n) is 2.77. The summed E-state index contributed by atoms with van der Waals surface area (Å²) in [6.07, 6.45) is 3.53. The van der Waals surface area contributed by atoms with Gasteiger partial charge in [0.2, 0.25) is 0 Å². The quantitative estimate of drug-likeness (QED) is 0.750. The normalized spacial score (nSPS) is 12.1. The highest BCUT2D eigenvalue weighted by molar-refractivity contribution is 7.90. The van der Waals surface area contributed by atoms with Crippen LogP contribution >= 0.6 is 22.9 Å². The molecule has 0 aliphatic carbocycles. The standard InChI is InChI=1S/C12H10ClN3O2S2/c13-10-2-1-8(14)5-11(10)20(17,18)7-9-6-16-3-4-19-12(16)15-9/h1-6H,7,14H2. The Bertz CT molecular complexity index is 855. The number of hydrogen-bond donors (Lipinski definition) is 1. The topological polar surface area (TPSA) is 77.5 Å². The number of anilines is 1. The Morgan fingerprint density at radius 1 is 1.40 bits per heavy atom. The molecule has 0 aliphatic heterocycles. The van der Waals surface area contributed by atoms with Gasteiger partial charge in [0.25, 0.3) is 0 Å². The van der Waals surface area contributed by atoms with Crippen LogP contribution in [0.4, 0.5) is 5.69 Å². The van der Waals surface area contributed by atoms with Crippen LogP contribution in [-0.2, 0) is 15.6 Å². The average Bonchev–Trinajstić information content (AvgIpc) is 2.92. The van der Waals surface area contributed by atoms with E-state index < -0.39 is 9.84 Å². The molecular formula is C12H10ClN3O2S2. The second kappa shape index (κ2) is 4.76. The molecule has 3 rings (SSSR count). The fourth-order valence-electron chi connectivity index (χ4n) is 1.88. The molecule has 0 aliphatic rings. The fraction of sp³-hybridized carbons (Fsp3) is 0.0833. The minimum atomic E-state index is -3.58.